The quantitative estimate of drug-likeness (QED) is 0.528. The predicted molar refractivity (Wildman–Crippen MR) is 113 cm³/mol. The first kappa shape index (κ1) is 23.1. The summed E-state index contributed by atoms with van der Waals surface area (Å²) >= 11 is 10.1. The molecule has 0 heterocycles. The maximum atomic E-state index is 8.86. The van der Waals surface area contributed by atoms with E-state index in [1.54, 1.807) is 28.4 Å². The van der Waals surface area contributed by atoms with Gasteiger partial charge in [0.25, 0.3) is 0 Å². The number of benzene rings is 2. The monoisotopic (exact) mass is 554 g/mol. The number of halogens is 3. The lowest BCUT2D eigenvalue weighted by Crippen LogP contribution is -1.97. The van der Waals surface area contributed by atoms with E-state index in [1.807, 2.05) is 24.3 Å². The first-order chi connectivity index (χ1) is 12.4. The highest BCUT2D eigenvalue weighted by atomic mass is 79.9. The predicted octanol–water partition coefficient (Wildman–Crippen LogP) is 5.23. The largest absolute Gasteiger partial charge is 0.496 e. The van der Waals surface area contributed by atoms with Crippen LogP contribution in [0.3, 0.4) is 0 Å². The van der Waals surface area contributed by atoms with Gasteiger partial charge < -0.3 is 24.1 Å². The highest BCUT2D eigenvalue weighted by molar-refractivity contribution is 9.11. The molecule has 0 saturated carbocycles. The Bertz CT molecular complexity index is 693. The fourth-order valence-corrected chi connectivity index (χ4v) is 3.52. The molecule has 0 spiro atoms. The summed E-state index contributed by atoms with van der Waals surface area (Å²) in [5.74, 6) is 3.06. The zero-order valence-corrected chi connectivity index (χ0v) is 19.7. The normalized spacial score (nSPS) is 9.85. The lowest BCUT2D eigenvalue weighted by Gasteiger charge is -2.11. The average Bonchev–Trinajstić information content (AvgIpc) is 2.64. The molecular formula is C18H21Br3O5. The van der Waals surface area contributed by atoms with Crippen molar-refractivity contribution in [2.45, 2.75) is 6.42 Å². The van der Waals surface area contributed by atoms with Crippen LogP contribution in [0.15, 0.2) is 37.7 Å². The first-order valence-corrected chi connectivity index (χ1v) is 9.87. The SMILES string of the molecule is COc1cc(Br)c(OC)cc1Br.COc1cc(CCO)c(OC)cc1Br. The molecule has 0 aromatic heterocycles. The van der Waals surface area contributed by atoms with Crippen LogP contribution in [0.1, 0.15) is 5.56 Å². The molecule has 0 aliphatic carbocycles. The Labute approximate surface area is 179 Å². The molecule has 0 saturated heterocycles. The Morgan fingerprint density at radius 2 is 1.00 bits per heavy atom. The van der Waals surface area contributed by atoms with E-state index >= 15 is 0 Å². The van der Waals surface area contributed by atoms with Crippen LogP contribution in [-0.4, -0.2) is 40.2 Å². The Balaban J connectivity index is 0.000000263. The molecule has 0 amide bonds. The zero-order valence-electron chi connectivity index (χ0n) is 14.9. The van der Waals surface area contributed by atoms with Crippen LogP contribution in [0.5, 0.6) is 23.0 Å². The average molecular weight is 557 g/mol. The third-order valence-corrected chi connectivity index (χ3v) is 5.22. The van der Waals surface area contributed by atoms with Crippen LogP contribution in [0.25, 0.3) is 0 Å². The molecule has 1 N–H and O–H groups in total. The fraction of sp³-hybridized carbons (Fsp3) is 0.333. The van der Waals surface area contributed by atoms with E-state index in [1.165, 1.54) is 0 Å². The Hall–Kier alpha value is -0.960. The second-order valence-corrected chi connectivity index (χ2v) is 7.46. The summed E-state index contributed by atoms with van der Waals surface area (Å²) in [4.78, 5) is 0. The van der Waals surface area contributed by atoms with Gasteiger partial charge in [-0.2, -0.15) is 0 Å². The minimum absolute atomic E-state index is 0.0984. The van der Waals surface area contributed by atoms with Crippen LogP contribution in [-0.2, 0) is 6.42 Å². The van der Waals surface area contributed by atoms with E-state index in [-0.39, 0.29) is 6.61 Å². The minimum Gasteiger partial charge on any atom is -0.496 e. The lowest BCUT2D eigenvalue weighted by atomic mass is 10.1. The van der Waals surface area contributed by atoms with E-state index in [4.69, 9.17) is 24.1 Å². The molecule has 0 bridgehead atoms. The van der Waals surface area contributed by atoms with Gasteiger partial charge in [0.2, 0.25) is 0 Å². The molecule has 26 heavy (non-hydrogen) atoms. The van der Waals surface area contributed by atoms with Crippen LogP contribution >= 0.6 is 47.8 Å². The van der Waals surface area contributed by atoms with Gasteiger partial charge in [-0.3, -0.25) is 0 Å². The maximum absolute atomic E-state index is 8.86. The Morgan fingerprint density at radius 3 is 1.35 bits per heavy atom. The van der Waals surface area contributed by atoms with Gasteiger partial charge in [0.15, 0.2) is 0 Å². The van der Waals surface area contributed by atoms with Crippen molar-refractivity contribution in [1.82, 2.24) is 0 Å². The summed E-state index contributed by atoms with van der Waals surface area (Å²) in [5, 5.41) is 8.86. The summed E-state index contributed by atoms with van der Waals surface area (Å²) in [6.07, 6.45) is 0.562. The van der Waals surface area contributed by atoms with Gasteiger partial charge >= 0.3 is 0 Å². The number of hydrogen-bond acceptors (Lipinski definition) is 5. The molecule has 0 aliphatic rings. The van der Waals surface area contributed by atoms with Crippen LogP contribution in [0.4, 0.5) is 0 Å². The highest BCUT2D eigenvalue weighted by Gasteiger charge is 2.08. The third kappa shape index (κ3) is 6.33. The number of aliphatic hydroxyl groups is 1. The molecule has 0 atom stereocenters. The Kier molecular flexibility index (Phi) is 10.4. The van der Waals surface area contributed by atoms with Crippen LogP contribution in [0.2, 0.25) is 0 Å². The van der Waals surface area contributed by atoms with Gasteiger partial charge in [0.1, 0.15) is 23.0 Å². The van der Waals surface area contributed by atoms with Crippen LogP contribution < -0.4 is 18.9 Å². The van der Waals surface area contributed by atoms with Gasteiger partial charge in [-0.25, -0.2) is 0 Å². The molecular weight excluding hydrogens is 536 g/mol. The Morgan fingerprint density at radius 1 is 0.654 bits per heavy atom. The number of methoxy groups -OCH3 is 4. The van der Waals surface area contributed by atoms with Gasteiger partial charge in [-0.05, 0) is 78.5 Å². The number of aliphatic hydroxyl groups excluding tert-OH is 1. The second-order valence-electron chi connectivity index (χ2n) is 4.89. The summed E-state index contributed by atoms with van der Waals surface area (Å²) in [5.41, 5.74) is 0.940. The molecule has 5 nitrogen and oxygen atoms in total. The van der Waals surface area contributed by atoms with Crippen molar-refractivity contribution in [3.63, 3.8) is 0 Å². The smallest absolute Gasteiger partial charge is 0.134 e. The van der Waals surface area contributed by atoms with Gasteiger partial charge in [-0.1, -0.05) is 0 Å². The van der Waals surface area contributed by atoms with Crippen molar-refractivity contribution in [1.29, 1.82) is 0 Å². The molecule has 0 fully saturated rings. The number of hydrogen-bond donors (Lipinski definition) is 1. The van der Waals surface area contributed by atoms with E-state index < -0.39 is 0 Å². The third-order valence-electron chi connectivity index (χ3n) is 3.36. The summed E-state index contributed by atoms with van der Waals surface area (Å²) in [7, 11) is 6.46. The van der Waals surface area contributed by atoms with Crippen molar-refractivity contribution < 1.29 is 24.1 Å². The zero-order chi connectivity index (χ0) is 19.7. The molecule has 0 radical (unpaired) electrons. The summed E-state index contributed by atoms with van der Waals surface area (Å²) in [6, 6.07) is 7.40. The molecule has 8 heteroatoms. The first-order valence-electron chi connectivity index (χ1n) is 7.50. The van der Waals surface area contributed by atoms with Crippen molar-refractivity contribution in [2.24, 2.45) is 0 Å². The van der Waals surface area contributed by atoms with Gasteiger partial charge in [0.05, 0.1) is 41.9 Å². The highest BCUT2D eigenvalue weighted by Crippen LogP contribution is 2.35. The molecule has 2 aromatic carbocycles. The van der Waals surface area contributed by atoms with E-state index in [9.17, 15) is 0 Å². The van der Waals surface area contributed by atoms with E-state index in [0.29, 0.717) is 6.42 Å². The number of rotatable bonds is 6. The lowest BCUT2D eigenvalue weighted by molar-refractivity contribution is 0.296. The number of ether oxygens (including phenoxy) is 4. The van der Waals surface area contributed by atoms with Crippen molar-refractivity contribution in [2.75, 3.05) is 35.0 Å². The molecule has 0 unspecified atom stereocenters. The molecule has 144 valence electrons. The maximum Gasteiger partial charge on any atom is 0.134 e. The minimum atomic E-state index is 0.0984. The fourth-order valence-electron chi connectivity index (χ4n) is 2.06. The van der Waals surface area contributed by atoms with Crippen molar-refractivity contribution in [3.05, 3.63) is 43.2 Å². The van der Waals surface area contributed by atoms with Gasteiger partial charge in [0, 0.05) is 12.2 Å². The summed E-state index contributed by atoms with van der Waals surface area (Å²) < 4.78 is 23.1. The standard InChI is InChI=1S/C10H13BrO3.C8H8Br2O2/c1-13-9-6-8(11)10(14-2)5-7(9)3-4-12;1-11-7-3-6(10)8(12-2)4-5(7)9/h5-6,12H,3-4H2,1-2H3;3-4H,1-2H3. The molecule has 2 rings (SSSR count). The molecule has 0 aliphatic heterocycles. The van der Waals surface area contributed by atoms with Crippen LogP contribution in [0, 0.1) is 0 Å². The van der Waals surface area contributed by atoms with Crippen molar-refractivity contribution >= 4 is 47.8 Å². The van der Waals surface area contributed by atoms with Crippen molar-refractivity contribution in [3.8, 4) is 23.0 Å². The second kappa shape index (κ2) is 11.7. The topological polar surface area (TPSA) is 57.2 Å². The van der Waals surface area contributed by atoms with Gasteiger partial charge in [-0.15, -0.1) is 0 Å². The summed E-state index contributed by atoms with van der Waals surface area (Å²) in [6.45, 7) is 0.0984. The molecule has 2 aromatic rings. The van der Waals surface area contributed by atoms with E-state index in [0.717, 1.165) is 42.0 Å². The van der Waals surface area contributed by atoms with E-state index in [2.05, 4.69) is 47.8 Å².